The minimum absolute atomic E-state index is 0.0302. The molecule has 2 heterocycles. The summed E-state index contributed by atoms with van der Waals surface area (Å²) in [4.78, 5) is 12.8. The monoisotopic (exact) mass is 480 g/mol. The minimum atomic E-state index is 0.0302. The number of carbonyl (C=O) groups is 1. The molecule has 6 heteroatoms. The third-order valence-electron chi connectivity index (χ3n) is 6.96. The maximum absolute atomic E-state index is 12.8. The predicted octanol–water partition coefficient (Wildman–Crippen LogP) is 5.23. The van der Waals surface area contributed by atoms with Crippen LogP contribution in [0.4, 0.5) is 0 Å². The van der Waals surface area contributed by atoms with Crippen LogP contribution in [0, 0.1) is 0 Å². The number of fused-ring (bicyclic) bond motifs is 4. The van der Waals surface area contributed by atoms with Gasteiger partial charge in [-0.1, -0.05) is 36.4 Å². The number of carbonyl (C=O) groups excluding carboxylic acids is 1. The number of ether oxygens (including phenoxy) is 3. The van der Waals surface area contributed by atoms with Gasteiger partial charge >= 0.3 is 0 Å². The number of amides is 1. The number of aryl methyl sites for hydroxylation is 3. The summed E-state index contributed by atoms with van der Waals surface area (Å²) in [7, 11) is 1.65. The molecule has 1 amide bonds. The second kappa shape index (κ2) is 9.46. The number of benzene rings is 3. The summed E-state index contributed by atoms with van der Waals surface area (Å²) in [6, 6.07) is 24.7. The highest BCUT2D eigenvalue weighted by molar-refractivity contribution is 5.77. The summed E-state index contributed by atoms with van der Waals surface area (Å²) in [5, 5.41) is 3.05. The van der Waals surface area contributed by atoms with Crippen molar-refractivity contribution >= 4 is 5.91 Å². The Morgan fingerprint density at radius 3 is 2.61 bits per heavy atom. The number of methoxy groups -OCH3 is 1. The lowest BCUT2D eigenvalue weighted by atomic mass is 9.90. The molecular formula is C30H28N2O4. The second-order valence-corrected chi connectivity index (χ2v) is 9.16. The topological polar surface area (TPSA) is 61.7 Å². The van der Waals surface area contributed by atoms with E-state index in [9.17, 15) is 4.79 Å². The summed E-state index contributed by atoms with van der Waals surface area (Å²) in [5.41, 5.74) is 8.32. The molecule has 1 N–H and O–H groups in total. The van der Waals surface area contributed by atoms with Gasteiger partial charge in [0.2, 0.25) is 12.7 Å². The van der Waals surface area contributed by atoms with Gasteiger partial charge in [0.1, 0.15) is 5.75 Å². The highest BCUT2D eigenvalue weighted by atomic mass is 16.7. The van der Waals surface area contributed by atoms with Gasteiger partial charge < -0.3 is 24.1 Å². The van der Waals surface area contributed by atoms with Crippen LogP contribution in [0.25, 0.3) is 16.9 Å². The molecule has 0 atom stereocenters. The quantitative estimate of drug-likeness (QED) is 0.394. The molecule has 0 unspecified atom stereocenters. The van der Waals surface area contributed by atoms with E-state index >= 15 is 0 Å². The molecule has 36 heavy (non-hydrogen) atoms. The SMILES string of the molecule is COc1ccc(CNC(=O)CCc2cc3c(n2-c2ccc4c(c2)OCO4)-c2ccccc2CC3)cc1. The Bertz CT molecular complexity index is 1420. The van der Waals surface area contributed by atoms with Crippen molar-refractivity contribution in [3.8, 4) is 34.2 Å². The molecule has 0 radical (unpaired) electrons. The van der Waals surface area contributed by atoms with Crippen LogP contribution in [0.5, 0.6) is 17.2 Å². The molecule has 0 spiro atoms. The molecule has 0 fully saturated rings. The van der Waals surface area contributed by atoms with Gasteiger partial charge in [0, 0.05) is 36.0 Å². The van der Waals surface area contributed by atoms with Gasteiger partial charge in [-0.3, -0.25) is 4.79 Å². The van der Waals surface area contributed by atoms with E-state index in [4.69, 9.17) is 14.2 Å². The Balaban J connectivity index is 1.27. The first-order chi connectivity index (χ1) is 17.7. The Labute approximate surface area is 210 Å². The fourth-order valence-electron chi connectivity index (χ4n) is 5.12. The molecule has 3 aromatic carbocycles. The molecule has 0 saturated heterocycles. The summed E-state index contributed by atoms with van der Waals surface area (Å²) in [6.45, 7) is 0.739. The van der Waals surface area contributed by atoms with Crippen molar-refractivity contribution < 1.29 is 19.0 Å². The van der Waals surface area contributed by atoms with E-state index in [2.05, 4.69) is 46.3 Å². The third-order valence-corrected chi connectivity index (χ3v) is 6.96. The van der Waals surface area contributed by atoms with E-state index in [1.807, 2.05) is 36.4 Å². The van der Waals surface area contributed by atoms with Gasteiger partial charge in [-0.15, -0.1) is 0 Å². The first-order valence-electron chi connectivity index (χ1n) is 12.3. The Morgan fingerprint density at radius 1 is 0.944 bits per heavy atom. The first-order valence-corrected chi connectivity index (χ1v) is 12.3. The lowest BCUT2D eigenvalue weighted by Crippen LogP contribution is -2.23. The van der Waals surface area contributed by atoms with E-state index in [1.165, 1.54) is 22.4 Å². The molecular weight excluding hydrogens is 452 g/mol. The van der Waals surface area contributed by atoms with Crippen molar-refractivity contribution in [2.24, 2.45) is 0 Å². The number of hydrogen-bond donors (Lipinski definition) is 1. The normalized spacial score (nSPS) is 13.1. The number of nitrogens with one attached hydrogen (secondary N) is 1. The van der Waals surface area contributed by atoms with Crippen molar-refractivity contribution in [2.75, 3.05) is 13.9 Å². The largest absolute Gasteiger partial charge is 0.497 e. The van der Waals surface area contributed by atoms with Crippen LogP contribution >= 0.6 is 0 Å². The van der Waals surface area contributed by atoms with E-state index in [0.29, 0.717) is 19.4 Å². The Hall–Kier alpha value is -4.19. The van der Waals surface area contributed by atoms with Crippen LogP contribution in [0.1, 0.15) is 28.8 Å². The van der Waals surface area contributed by atoms with E-state index in [1.54, 1.807) is 7.11 Å². The standard InChI is InChI=1S/C30H28N2O4/c1-34-25-12-6-20(7-13-25)18-31-29(33)15-11-23-16-22-9-8-21-4-2-3-5-26(21)30(22)32(23)24-10-14-27-28(17-24)36-19-35-27/h2-7,10,12-14,16-17H,8-9,11,15,18-19H2,1H3,(H,31,33). The zero-order chi connectivity index (χ0) is 24.5. The van der Waals surface area contributed by atoms with Crippen LogP contribution < -0.4 is 19.5 Å². The number of rotatable bonds is 7. The number of aromatic nitrogens is 1. The van der Waals surface area contributed by atoms with Crippen molar-refractivity contribution in [3.05, 3.63) is 95.2 Å². The summed E-state index contributed by atoms with van der Waals surface area (Å²) in [6.07, 6.45) is 3.06. The van der Waals surface area contributed by atoms with Crippen LogP contribution in [0.3, 0.4) is 0 Å². The lowest BCUT2D eigenvalue weighted by molar-refractivity contribution is -0.121. The van der Waals surface area contributed by atoms with Crippen molar-refractivity contribution in [1.82, 2.24) is 9.88 Å². The van der Waals surface area contributed by atoms with Gasteiger partial charge in [-0.05, 0) is 66.3 Å². The summed E-state index contributed by atoms with van der Waals surface area (Å²) >= 11 is 0. The van der Waals surface area contributed by atoms with Crippen LogP contribution in [-0.2, 0) is 30.6 Å². The van der Waals surface area contributed by atoms with Crippen molar-refractivity contribution in [2.45, 2.75) is 32.2 Å². The Kier molecular flexibility index (Phi) is 5.85. The first kappa shape index (κ1) is 22.3. The second-order valence-electron chi connectivity index (χ2n) is 9.16. The molecule has 182 valence electrons. The average Bonchev–Trinajstić information content (AvgIpc) is 3.55. The van der Waals surface area contributed by atoms with Gasteiger partial charge in [-0.2, -0.15) is 0 Å². The van der Waals surface area contributed by atoms with E-state index in [-0.39, 0.29) is 12.7 Å². The van der Waals surface area contributed by atoms with Gasteiger partial charge in [0.25, 0.3) is 0 Å². The highest BCUT2D eigenvalue weighted by Crippen LogP contribution is 2.40. The minimum Gasteiger partial charge on any atom is -0.497 e. The molecule has 1 aliphatic heterocycles. The molecule has 1 aliphatic carbocycles. The molecule has 1 aromatic heterocycles. The zero-order valence-corrected chi connectivity index (χ0v) is 20.3. The van der Waals surface area contributed by atoms with Crippen molar-refractivity contribution in [1.29, 1.82) is 0 Å². The fraction of sp³-hybridized carbons (Fsp3) is 0.233. The maximum atomic E-state index is 12.8. The summed E-state index contributed by atoms with van der Waals surface area (Å²) < 4.78 is 18.7. The summed E-state index contributed by atoms with van der Waals surface area (Å²) in [5.74, 6) is 2.35. The zero-order valence-electron chi connectivity index (χ0n) is 20.3. The molecule has 0 saturated carbocycles. The lowest BCUT2D eigenvalue weighted by Gasteiger charge is -2.21. The Morgan fingerprint density at radius 2 is 1.75 bits per heavy atom. The highest BCUT2D eigenvalue weighted by Gasteiger charge is 2.25. The van der Waals surface area contributed by atoms with E-state index < -0.39 is 0 Å². The van der Waals surface area contributed by atoms with Gasteiger partial charge in [0.15, 0.2) is 11.5 Å². The third kappa shape index (κ3) is 4.19. The van der Waals surface area contributed by atoms with E-state index in [0.717, 1.165) is 47.0 Å². The number of hydrogen-bond acceptors (Lipinski definition) is 4. The van der Waals surface area contributed by atoms with Crippen LogP contribution in [0.15, 0.2) is 72.8 Å². The molecule has 4 aromatic rings. The molecule has 2 aliphatic rings. The smallest absolute Gasteiger partial charge is 0.231 e. The predicted molar refractivity (Wildman–Crippen MR) is 138 cm³/mol. The molecule has 6 rings (SSSR count). The average molecular weight is 481 g/mol. The number of nitrogens with zero attached hydrogens (tertiary/aromatic N) is 1. The van der Waals surface area contributed by atoms with Crippen molar-refractivity contribution in [3.63, 3.8) is 0 Å². The maximum Gasteiger partial charge on any atom is 0.231 e. The fourth-order valence-corrected chi connectivity index (χ4v) is 5.12. The molecule has 6 nitrogen and oxygen atoms in total. The van der Waals surface area contributed by atoms with Gasteiger partial charge in [0.05, 0.1) is 12.8 Å². The van der Waals surface area contributed by atoms with Crippen LogP contribution in [-0.4, -0.2) is 24.4 Å². The van der Waals surface area contributed by atoms with Crippen LogP contribution in [0.2, 0.25) is 0 Å². The molecule has 0 bridgehead atoms. The van der Waals surface area contributed by atoms with Gasteiger partial charge in [-0.25, -0.2) is 0 Å².